The van der Waals surface area contributed by atoms with E-state index in [9.17, 15) is 24.3 Å². The summed E-state index contributed by atoms with van der Waals surface area (Å²) >= 11 is 2.34. The lowest BCUT2D eigenvalue weighted by Gasteiger charge is -2.50. The van der Waals surface area contributed by atoms with Crippen LogP contribution in [0, 0.1) is 12.3 Å². The summed E-state index contributed by atoms with van der Waals surface area (Å²) < 4.78 is 1.58. The number of β-lactam (4-membered cyclic amide) rings is 1. The van der Waals surface area contributed by atoms with Crippen molar-refractivity contribution in [3.05, 3.63) is 52.4 Å². The van der Waals surface area contributed by atoms with Gasteiger partial charge in [0, 0.05) is 22.8 Å². The van der Waals surface area contributed by atoms with E-state index >= 15 is 0 Å². The van der Waals surface area contributed by atoms with Crippen molar-refractivity contribution in [3.63, 3.8) is 0 Å². The molecule has 0 radical (unpaired) electrons. The van der Waals surface area contributed by atoms with Crippen LogP contribution in [0.1, 0.15) is 16.1 Å². The summed E-state index contributed by atoms with van der Waals surface area (Å²) in [5, 5.41) is 19.3. The number of primary amides is 1. The number of nitrogen functional groups attached to an aromatic ring is 1. The van der Waals surface area contributed by atoms with Gasteiger partial charge in [-0.25, -0.2) is 9.55 Å². The number of rotatable bonds is 9. The molecular formula is C22H19N7O6S2. The Kier molecular flexibility index (Phi) is 7.41. The lowest BCUT2D eigenvalue weighted by molar-refractivity contribution is -0.689. The highest BCUT2D eigenvalue weighted by Crippen LogP contribution is 2.40. The van der Waals surface area contributed by atoms with Crippen molar-refractivity contribution in [1.29, 1.82) is 0 Å². The monoisotopic (exact) mass is 541 g/mol. The second kappa shape index (κ2) is 10.7. The summed E-state index contributed by atoms with van der Waals surface area (Å²) in [6.07, 6.45) is 8.26. The van der Waals surface area contributed by atoms with E-state index in [2.05, 4.69) is 21.4 Å². The van der Waals surface area contributed by atoms with Gasteiger partial charge in [-0.05, 0) is 6.07 Å². The van der Waals surface area contributed by atoms with Crippen LogP contribution < -0.4 is 26.5 Å². The summed E-state index contributed by atoms with van der Waals surface area (Å²) in [7, 11) is 0. The molecule has 0 spiro atoms. The van der Waals surface area contributed by atoms with Crippen molar-refractivity contribution in [2.24, 2.45) is 10.9 Å². The molecule has 0 aromatic carbocycles. The fourth-order valence-corrected chi connectivity index (χ4v) is 5.61. The highest BCUT2D eigenvalue weighted by Gasteiger charge is 2.53. The second-order valence-electron chi connectivity index (χ2n) is 7.72. The van der Waals surface area contributed by atoms with Crippen molar-refractivity contribution in [2.75, 3.05) is 18.1 Å². The van der Waals surface area contributed by atoms with Crippen molar-refractivity contribution < 1.29 is 33.7 Å². The van der Waals surface area contributed by atoms with Gasteiger partial charge in [0.05, 0.1) is 11.7 Å². The van der Waals surface area contributed by atoms with Crippen LogP contribution in [0.25, 0.3) is 0 Å². The first-order chi connectivity index (χ1) is 17.7. The number of nitrogens with zero attached hydrogens (tertiary/aromatic N) is 4. The number of aliphatic carboxylic acids is 1. The third kappa shape index (κ3) is 5.25. The lowest BCUT2D eigenvalue weighted by atomic mass is 10.0. The maximum absolute atomic E-state index is 13.0. The van der Waals surface area contributed by atoms with E-state index in [1.807, 2.05) is 0 Å². The average Bonchev–Trinajstić information content (AvgIpc) is 3.30. The van der Waals surface area contributed by atoms with E-state index < -0.39 is 35.1 Å². The van der Waals surface area contributed by atoms with Crippen LogP contribution in [0.15, 0.2) is 46.3 Å². The third-order valence-corrected chi connectivity index (χ3v) is 7.34. The van der Waals surface area contributed by atoms with Crippen LogP contribution in [0.4, 0.5) is 5.13 Å². The van der Waals surface area contributed by atoms with Crippen molar-refractivity contribution >= 4 is 57.6 Å². The van der Waals surface area contributed by atoms with Crippen molar-refractivity contribution in [2.45, 2.75) is 18.0 Å². The van der Waals surface area contributed by atoms with E-state index in [1.165, 1.54) is 29.4 Å². The molecule has 2 aliphatic rings. The number of carboxylic acids is 1. The molecule has 3 amide bonds. The number of anilines is 1. The predicted octanol–water partition coefficient (Wildman–Crippen LogP) is -2.43. The summed E-state index contributed by atoms with van der Waals surface area (Å²) in [6.45, 7) is -0.118. The second-order valence-corrected chi connectivity index (χ2v) is 9.71. The quantitative estimate of drug-likeness (QED) is 0.0772. The van der Waals surface area contributed by atoms with Crippen molar-refractivity contribution in [1.82, 2.24) is 15.2 Å². The molecule has 2 atom stereocenters. The van der Waals surface area contributed by atoms with Gasteiger partial charge in [-0.15, -0.1) is 29.5 Å². The van der Waals surface area contributed by atoms with Gasteiger partial charge in [0.25, 0.3) is 17.7 Å². The molecule has 0 saturated carbocycles. The normalized spacial score (nSPS) is 18.9. The number of terminal acetylenes is 1. The Morgan fingerprint density at radius 3 is 2.86 bits per heavy atom. The molecule has 2 aromatic rings. The Hall–Kier alpha value is -4.42. The van der Waals surface area contributed by atoms with Crippen LogP contribution in [0.3, 0.4) is 0 Å². The fraction of sp³-hybridized carbons (Fsp3) is 0.227. The minimum atomic E-state index is -1.53. The van der Waals surface area contributed by atoms with Gasteiger partial charge in [-0.2, -0.15) is 0 Å². The molecule has 1 saturated heterocycles. The zero-order valence-corrected chi connectivity index (χ0v) is 20.6. The topological polar surface area (TPSA) is 197 Å². The van der Waals surface area contributed by atoms with E-state index in [1.54, 1.807) is 16.8 Å². The number of nitrogens with one attached hydrogen (secondary N) is 1. The number of nitrogens with two attached hydrogens (primary N) is 2. The van der Waals surface area contributed by atoms with Gasteiger partial charge >= 0.3 is 0 Å². The van der Waals surface area contributed by atoms with E-state index in [4.69, 9.17) is 22.7 Å². The Bertz CT molecular complexity index is 1400. The summed E-state index contributed by atoms with van der Waals surface area (Å²) in [4.78, 5) is 59.5. The number of oxime groups is 1. The van der Waals surface area contributed by atoms with E-state index in [0.717, 1.165) is 16.2 Å². The van der Waals surface area contributed by atoms with Crippen LogP contribution in [-0.4, -0.2) is 63.1 Å². The zero-order valence-electron chi connectivity index (χ0n) is 18.9. The number of hydrogen-bond donors (Lipinski definition) is 3. The third-order valence-electron chi connectivity index (χ3n) is 5.33. The average molecular weight is 542 g/mol. The van der Waals surface area contributed by atoms with Gasteiger partial charge in [-0.3, -0.25) is 19.3 Å². The van der Waals surface area contributed by atoms with E-state index in [-0.39, 0.29) is 46.7 Å². The molecule has 190 valence electrons. The maximum atomic E-state index is 13.0. The van der Waals surface area contributed by atoms with Gasteiger partial charge in [0.15, 0.2) is 36.4 Å². The molecule has 4 rings (SSSR count). The number of carboxylic acid groups (broad SMARTS) is 1. The van der Waals surface area contributed by atoms with Crippen LogP contribution in [0.2, 0.25) is 0 Å². The lowest BCUT2D eigenvalue weighted by Crippen LogP contribution is -2.71. The molecule has 5 N–H and O–H groups in total. The van der Waals surface area contributed by atoms with Gasteiger partial charge in [0.1, 0.15) is 22.7 Å². The molecule has 0 aliphatic carbocycles. The van der Waals surface area contributed by atoms with Crippen LogP contribution >= 0.6 is 23.1 Å². The fourth-order valence-electron chi connectivity index (χ4n) is 3.72. The Balaban J connectivity index is 1.54. The summed E-state index contributed by atoms with van der Waals surface area (Å²) in [6, 6.07) is 2.09. The summed E-state index contributed by atoms with van der Waals surface area (Å²) in [5.74, 6) is -1.14. The smallest absolute Gasteiger partial charge is 0.276 e. The summed E-state index contributed by atoms with van der Waals surface area (Å²) in [5.41, 5.74) is 11.2. The first-order valence-electron chi connectivity index (χ1n) is 10.5. The Morgan fingerprint density at radius 1 is 1.43 bits per heavy atom. The molecule has 1 fully saturated rings. The number of fused-ring (bicyclic) bond motifs is 1. The molecular weight excluding hydrogens is 522 g/mol. The first-order valence-corrected chi connectivity index (χ1v) is 12.5. The van der Waals surface area contributed by atoms with Crippen molar-refractivity contribution in [3.8, 4) is 12.3 Å². The number of hydrogen-bond acceptors (Lipinski definition) is 11. The number of thiazole rings is 1. The van der Waals surface area contributed by atoms with E-state index in [0.29, 0.717) is 5.57 Å². The number of amides is 3. The molecule has 1 unspecified atom stereocenters. The molecule has 15 heteroatoms. The number of aromatic nitrogens is 2. The number of carbonyl (C=O) groups is 4. The first kappa shape index (κ1) is 25.7. The molecule has 13 nitrogen and oxygen atoms in total. The van der Waals surface area contributed by atoms with Gasteiger partial charge in [-0.1, -0.05) is 11.1 Å². The number of thioether (sulfide) groups is 1. The molecule has 2 aliphatic heterocycles. The van der Waals surface area contributed by atoms with Gasteiger partial charge < -0.3 is 31.5 Å². The minimum absolute atomic E-state index is 0.0829. The number of carbonyl (C=O) groups excluding carboxylic acids is 4. The predicted molar refractivity (Wildman–Crippen MR) is 130 cm³/mol. The maximum Gasteiger partial charge on any atom is 0.276 e. The zero-order chi connectivity index (χ0) is 26.7. The molecule has 4 heterocycles. The van der Waals surface area contributed by atoms with Crippen LogP contribution in [0.5, 0.6) is 0 Å². The minimum Gasteiger partial charge on any atom is -0.543 e. The standard InChI is InChI=1S/C22H19N7O6S2/c1-2-6-35-27-14(13-10-37-22(24)25-13)18(31)26-15-19(32)29-16(21(33)34)12(9-36-20(15)29)8-28-5-3-4-11(7-28)17(23)30/h1,3-5,7,10,15,20H,6,8-9H2,(H5-,23,24,25,26,30,31,33,34)/t15?,20-/m0/s1. The Labute approximate surface area is 218 Å². The highest BCUT2D eigenvalue weighted by molar-refractivity contribution is 8.00. The molecule has 37 heavy (non-hydrogen) atoms. The largest absolute Gasteiger partial charge is 0.543 e. The Morgan fingerprint density at radius 2 is 2.22 bits per heavy atom. The SMILES string of the molecule is C#CCON=C(C(=O)NC1C(=O)N2C(C(=O)[O-])=C(C[n+]3cccc(C(N)=O)c3)CS[C@@H]12)c1csc(N)n1. The molecule has 0 bridgehead atoms. The molecule has 2 aromatic heterocycles. The number of pyridine rings is 1. The van der Waals surface area contributed by atoms with Gasteiger partial charge in [0.2, 0.25) is 0 Å². The highest BCUT2D eigenvalue weighted by atomic mass is 32.2. The van der Waals surface area contributed by atoms with Crippen LogP contribution in [-0.2, 0) is 25.8 Å².